The molecule has 2 saturated heterocycles. The first-order valence-electron chi connectivity index (χ1n) is 13.3. The van der Waals surface area contributed by atoms with Crippen LogP contribution < -0.4 is 0 Å². The molecule has 0 aliphatic carbocycles. The smallest absolute Gasteiger partial charge is 0.303 e. The van der Waals surface area contributed by atoms with Gasteiger partial charge in [0.05, 0.1) is 6.61 Å². The van der Waals surface area contributed by atoms with E-state index in [1.165, 1.54) is 0 Å². The van der Waals surface area contributed by atoms with E-state index < -0.39 is 116 Å². The van der Waals surface area contributed by atoms with Crippen molar-refractivity contribution in [2.24, 2.45) is 0 Å². The molecule has 0 radical (unpaired) electrons. The number of esters is 7. The van der Waals surface area contributed by atoms with Crippen molar-refractivity contribution in [1.82, 2.24) is 0 Å². The van der Waals surface area contributed by atoms with Gasteiger partial charge in [-0.2, -0.15) is 0 Å². The van der Waals surface area contributed by atoms with E-state index in [2.05, 4.69) is 0 Å². The Bertz CT molecular complexity index is 1090. The normalized spacial score (nSPS) is 29.0. The molecule has 1 N–H and O–H groups in total. The first kappa shape index (κ1) is 36.3. The minimum atomic E-state index is -1.80. The molecule has 10 atom stereocenters. The highest BCUT2D eigenvalue weighted by atomic mass is 16.8. The molecule has 248 valence electrons. The molecule has 0 amide bonds. The zero-order valence-corrected chi connectivity index (χ0v) is 25.1. The van der Waals surface area contributed by atoms with Gasteiger partial charge in [-0.15, -0.1) is 0 Å². The third-order valence-corrected chi connectivity index (χ3v) is 5.88. The van der Waals surface area contributed by atoms with E-state index in [4.69, 9.17) is 47.4 Å². The summed E-state index contributed by atoms with van der Waals surface area (Å²) in [4.78, 5) is 82.7. The molecule has 44 heavy (non-hydrogen) atoms. The number of carbonyl (C=O) groups is 7. The van der Waals surface area contributed by atoms with Crippen LogP contribution >= 0.6 is 0 Å². The van der Waals surface area contributed by atoms with Crippen LogP contribution in [0.2, 0.25) is 0 Å². The Morgan fingerprint density at radius 2 is 0.955 bits per heavy atom. The first-order chi connectivity index (χ1) is 20.5. The zero-order valence-electron chi connectivity index (χ0n) is 25.1. The number of hydrogen-bond donors (Lipinski definition) is 1. The van der Waals surface area contributed by atoms with Crippen molar-refractivity contribution in [3.63, 3.8) is 0 Å². The van der Waals surface area contributed by atoms with Crippen molar-refractivity contribution in [2.75, 3.05) is 13.2 Å². The van der Waals surface area contributed by atoms with Gasteiger partial charge in [0.25, 0.3) is 0 Å². The molecule has 2 fully saturated rings. The standard InChI is InChI=1S/C26H36O18/c1-10(27)35-8-17(37-11(2)28)20-22(40-14(5)31)24(42-16(7)33)26(44-20)36-9-18(38-12(3)29)19-21(39-13(4)30)23(25(34)43-19)41-15(6)32/h17-26,34H,8-9H2,1-7H3/t17?,18?,19-,20-,21?,22?,23?,24?,25+,26+/m0/s1. The highest BCUT2D eigenvalue weighted by Gasteiger charge is 2.56. The molecule has 0 aromatic carbocycles. The maximum absolute atomic E-state index is 12.0. The van der Waals surface area contributed by atoms with Crippen molar-refractivity contribution in [1.29, 1.82) is 0 Å². The molecule has 2 rings (SSSR count). The molecule has 0 aromatic heterocycles. The van der Waals surface area contributed by atoms with Gasteiger partial charge in [-0.1, -0.05) is 0 Å². The number of aliphatic hydroxyl groups is 1. The number of carbonyl (C=O) groups excluding carboxylic acids is 7. The first-order valence-corrected chi connectivity index (χ1v) is 13.3. The van der Waals surface area contributed by atoms with E-state index in [0.29, 0.717) is 0 Å². The van der Waals surface area contributed by atoms with Gasteiger partial charge in [-0.25, -0.2) is 0 Å². The molecule has 18 nitrogen and oxygen atoms in total. The van der Waals surface area contributed by atoms with Crippen LogP contribution in [0.5, 0.6) is 0 Å². The predicted octanol–water partition coefficient (Wildman–Crippen LogP) is -1.40. The maximum Gasteiger partial charge on any atom is 0.303 e. The van der Waals surface area contributed by atoms with Crippen LogP contribution in [0.3, 0.4) is 0 Å². The monoisotopic (exact) mass is 636 g/mol. The van der Waals surface area contributed by atoms with Crippen molar-refractivity contribution in [2.45, 2.75) is 110 Å². The van der Waals surface area contributed by atoms with Crippen LogP contribution in [0.4, 0.5) is 0 Å². The number of hydrogen-bond acceptors (Lipinski definition) is 18. The summed E-state index contributed by atoms with van der Waals surface area (Å²) < 4.78 is 53.5. The van der Waals surface area contributed by atoms with E-state index in [1.807, 2.05) is 0 Å². The molecule has 2 aliphatic heterocycles. The summed E-state index contributed by atoms with van der Waals surface area (Å²) in [6.45, 7) is 6.22. The molecule has 0 bridgehead atoms. The molecular formula is C26H36O18. The summed E-state index contributed by atoms with van der Waals surface area (Å²) in [5, 5.41) is 10.4. The average molecular weight is 637 g/mol. The molecule has 18 heteroatoms. The second-order valence-corrected chi connectivity index (χ2v) is 9.69. The lowest BCUT2D eigenvalue weighted by Gasteiger charge is -2.29. The topological polar surface area (TPSA) is 232 Å². The number of rotatable bonds is 13. The summed E-state index contributed by atoms with van der Waals surface area (Å²) in [7, 11) is 0. The van der Waals surface area contributed by atoms with E-state index >= 15 is 0 Å². The Hall–Kier alpha value is -3.87. The van der Waals surface area contributed by atoms with Gasteiger partial charge in [0.2, 0.25) is 0 Å². The number of ether oxygens (including phenoxy) is 10. The zero-order chi connectivity index (χ0) is 33.3. The Morgan fingerprint density at radius 3 is 1.41 bits per heavy atom. The fraction of sp³-hybridized carbons (Fsp3) is 0.731. The van der Waals surface area contributed by atoms with Gasteiger partial charge in [0, 0.05) is 48.5 Å². The van der Waals surface area contributed by atoms with Crippen LogP contribution in [-0.4, -0.2) is 122 Å². The number of aliphatic hydroxyl groups excluding tert-OH is 1. The Labute approximate surface area is 251 Å². The van der Waals surface area contributed by atoms with Gasteiger partial charge >= 0.3 is 41.8 Å². The van der Waals surface area contributed by atoms with Gasteiger partial charge in [0.1, 0.15) is 18.8 Å². The largest absolute Gasteiger partial charge is 0.462 e. The summed E-state index contributed by atoms with van der Waals surface area (Å²) in [5.74, 6) is -5.78. The molecule has 0 aromatic rings. The lowest BCUT2D eigenvalue weighted by atomic mass is 10.0. The Kier molecular flexibility index (Phi) is 13.4. The fourth-order valence-electron chi connectivity index (χ4n) is 4.54. The molecule has 0 spiro atoms. The highest BCUT2D eigenvalue weighted by Crippen LogP contribution is 2.33. The van der Waals surface area contributed by atoms with Crippen molar-refractivity contribution >= 4 is 41.8 Å². The van der Waals surface area contributed by atoms with Crippen LogP contribution in [0, 0.1) is 0 Å². The van der Waals surface area contributed by atoms with Gasteiger partial charge < -0.3 is 52.5 Å². The van der Waals surface area contributed by atoms with Crippen molar-refractivity contribution in [3.05, 3.63) is 0 Å². The Balaban J connectivity index is 2.43. The Morgan fingerprint density at radius 1 is 0.545 bits per heavy atom. The maximum atomic E-state index is 12.0. The van der Waals surface area contributed by atoms with E-state index in [9.17, 15) is 38.7 Å². The summed E-state index contributed by atoms with van der Waals surface area (Å²) in [5.41, 5.74) is 0. The van der Waals surface area contributed by atoms with Crippen LogP contribution in [0.1, 0.15) is 48.5 Å². The summed E-state index contributed by atoms with van der Waals surface area (Å²) in [6, 6.07) is 0. The van der Waals surface area contributed by atoms with Gasteiger partial charge in [0.15, 0.2) is 49.2 Å². The minimum Gasteiger partial charge on any atom is -0.462 e. The van der Waals surface area contributed by atoms with Gasteiger partial charge in [-0.3, -0.25) is 33.6 Å². The van der Waals surface area contributed by atoms with Crippen LogP contribution in [-0.2, 0) is 80.9 Å². The van der Waals surface area contributed by atoms with Crippen molar-refractivity contribution in [3.8, 4) is 0 Å². The van der Waals surface area contributed by atoms with Crippen LogP contribution in [0.25, 0.3) is 0 Å². The van der Waals surface area contributed by atoms with E-state index in [1.54, 1.807) is 0 Å². The molecule has 2 heterocycles. The molecule has 2 aliphatic rings. The SMILES string of the molecule is CC(=O)OCC(OC(C)=O)[C@@H]1O[C@@H](OCC(OC(C)=O)[C@@H]2O[C@@H](O)C(OC(C)=O)C2OC(C)=O)C(OC(C)=O)C1OC(C)=O. The van der Waals surface area contributed by atoms with E-state index in [0.717, 1.165) is 48.5 Å². The predicted molar refractivity (Wildman–Crippen MR) is 135 cm³/mol. The minimum absolute atomic E-state index is 0.539. The lowest BCUT2D eigenvalue weighted by molar-refractivity contribution is -0.221. The second kappa shape index (κ2) is 16.3. The van der Waals surface area contributed by atoms with Crippen molar-refractivity contribution < 1.29 is 86.0 Å². The summed E-state index contributed by atoms with van der Waals surface area (Å²) >= 11 is 0. The van der Waals surface area contributed by atoms with Gasteiger partial charge in [-0.05, 0) is 0 Å². The molecule has 0 saturated carbocycles. The molecular weight excluding hydrogens is 600 g/mol. The fourth-order valence-corrected chi connectivity index (χ4v) is 4.54. The summed E-state index contributed by atoms with van der Waals surface area (Å²) in [6.07, 6.45) is -15.0. The molecule has 6 unspecified atom stereocenters. The average Bonchev–Trinajstić information content (AvgIpc) is 3.34. The van der Waals surface area contributed by atoms with E-state index in [-0.39, 0.29) is 0 Å². The second-order valence-electron chi connectivity index (χ2n) is 9.69. The lowest BCUT2D eigenvalue weighted by Crippen LogP contribution is -2.48. The third-order valence-electron chi connectivity index (χ3n) is 5.88. The quantitative estimate of drug-likeness (QED) is 0.181. The third kappa shape index (κ3) is 10.7. The van der Waals surface area contributed by atoms with Crippen LogP contribution in [0.15, 0.2) is 0 Å². The highest BCUT2D eigenvalue weighted by molar-refractivity contribution is 5.69.